The van der Waals surface area contributed by atoms with Crippen molar-refractivity contribution in [3.63, 3.8) is 0 Å². The van der Waals surface area contributed by atoms with Crippen LogP contribution in [-0.2, 0) is 22.5 Å². The summed E-state index contributed by atoms with van der Waals surface area (Å²) in [7, 11) is 0. The van der Waals surface area contributed by atoms with Gasteiger partial charge in [0, 0.05) is 50.6 Å². The van der Waals surface area contributed by atoms with E-state index >= 15 is 0 Å². The number of pyridine rings is 1. The Kier molecular flexibility index (Phi) is 6.75. The zero-order valence-electron chi connectivity index (χ0n) is 17.4. The Balaban J connectivity index is 1.17. The first-order valence-electron chi connectivity index (χ1n) is 10.9. The lowest BCUT2D eigenvalue weighted by Gasteiger charge is -2.39. The Morgan fingerprint density at radius 2 is 2.03 bits per heavy atom. The fraction of sp³-hybridized carbons (Fsp3) is 0.500. The van der Waals surface area contributed by atoms with Gasteiger partial charge in [-0.1, -0.05) is 24.3 Å². The second-order valence-electron chi connectivity index (χ2n) is 8.49. The first-order chi connectivity index (χ1) is 14.6. The lowest BCUT2D eigenvalue weighted by molar-refractivity contribution is -0.122. The largest absolute Gasteiger partial charge is 0.370 e. The Hall–Kier alpha value is -2.31. The number of halogens is 1. The summed E-state index contributed by atoms with van der Waals surface area (Å²) in [6.45, 7) is 3.06. The van der Waals surface area contributed by atoms with Crippen molar-refractivity contribution in [1.29, 1.82) is 0 Å². The normalized spacial score (nSPS) is 21.0. The number of nitrogens with zero attached hydrogens (tertiary/aromatic N) is 2. The number of piperidine rings is 1. The first-order valence-corrected chi connectivity index (χ1v) is 10.9. The highest BCUT2D eigenvalue weighted by atomic mass is 19.1. The molecule has 1 amide bonds. The molecule has 2 saturated heterocycles. The van der Waals surface area contributed by atoms with Gasteiger partial charge >= 0.3 is 0 Å². The highest BCUT2D eigenvalue weighted by Crippen LogP contribution is 2.39. The maximum absolute atomic E-state index is 13.9. The van der Waals surface area contributed by atoms with Gasteiger partial charge in [-0.2, -0.15) is 0 Å². The van der Waals surface area contributed by atoms with E-state index in [9.17, 15) is 9.18 Å². The number of hydrogen-bond donors (Lipinski definition) is 1. The molecule has 6 heteroatoms. The monoisotopic (exact) mass is 411 g/mol. The molecule has 0 aliphatic carbocycles. The molecule has 1 aromatic carbocycles. The molecule has 160 valence electrons. The van der Waals surface area contributed by atoms with Crippen LogP contribution in [0.1, 0.15) is 43.2 Å². The van der Waals surface area contributed by atoms with Crippen LogP contribution in [0.3, 0.4) is 0 Å². The number of amides is 1. The van der Waals surface area contributed by atoms with Gasteiger partial charge in [-0.25, -0.2) is 4.39 Å². The summed E-state index contributed by atoms with van der Waals surface area (Å²) in [5.41, 5.74) is 1.76. The highest BCUT2D eigenvalue weighted by molar-refractivity contribution is 5.76. The molecule has 2 aliphatic rings. The summed E-state index contributed by atoms with van der Waals surface area (Å²) < 4.78 is 20.3. The molecule has 1 unspecified atom stereocenters. The molecule has 5 nitrogen and oxygen atoms in total. The number of carbonyl (C=O) groups is 1. The summed E-state index contributed by atoms with van der Waals surface area (Å²) in [6, 6.07) is 10.9. The van der Waals surface area contributed by atoms with Gasteiger partial charge in [0.2, 0.25) is 5.91 Å². The van der Waals surface area contributed by atoms with E-state index in [-0.39, 0.29) is 23.4 Å². The van der Waals surface area contributed by atoms with Crippen molar-refractivity contribution in [2.24, 2.45) is 0 Å². The van der Waals surface area contributed by atoms with E-state index in [0.717, 1.165) is 49.9 Å². The summed E-state index contributed by atoms with van der Waals surface area (Å²) in [6.07, 6.45) is 8.75. The third kappa shape index (κ3) is 5.43. The van der Waals surface area contributed by atoms with Gasteiger partial charge in [-0.3, -0.25) is 14.7 Å². The Morgan fingerprint density at radius 1 is 1.20 bits per heavy atom. The van der Waals surface area contributed by atoms with E-state index in [1.807, 2.05) is 24.3 Å². The van der Waals surface area contributed by atoms with Crippen LogP contribution in [0.25, 0.3) is 0 Å². The summed E-state index contributed by atoms with van der Waals surface area (Å²) in [5.74, 6) is -0.0719. The molecule has 1 N–H and O–H groups in total. The fourth-order valence-electron chi connectivity index (χ4n) is 4.51. The Bertz CT molecular complexity index is 837. The second kappa shape index (κ2) is 9.67. The summed E-state index contributed by atoms with van der Waals surface area (Å²) in [5, 5.41) is 3.03. The molecule has 0 bridgehead atoms. The maximum Gasteiger partial charge on any atom is 0.220 e. The number of benzene rings is 1. The van der Waals surface area contributed by atoms with Crippen LogP contribution in [0.2, 0.25) is 0 Å². The van der Waals surface area contributed by atoms with Crippen LogP contribution in [-0.4, -0.2) is 47.1 Å². The van der Waals surface area contributed by atoms with Crippen molar-refractivity contribution >= 4 is 5.91 Å². The lowest BCUT2D eigenvalue weighted by atomic mass is 9.88. The number of ether oxygens (including phenoxy) is 1. The summed E-state index contributed by atoms with van der Waals surface area (Å²) in [4.78, 5) is 18.5. The zero-order valence-corrected chi connectivity index (χ0v) is 17.4. The number of aryl methyl sites for hydroxylation is 1. The predicted molar refractivity (Wildman–Crippen MR) is 113 cm³/mol. The molecule has 2 aliphatic heterocycles. The minimum Gasteiger partial charge on any atom is -0.370 e. The predicted octanol–water partition coefficient (Wildman–Crippen LogP) is 3.48. The van der Waals surface area contributed by atoms with Gasteiger partial charge < -0.3 is 10.1 Å². The van der Waals surface area contributed by atoms with E-state index in [0.29, 0.717) is 25.9 Å². The number of nitrogens with one attached hydrogen (secondary N) is 1. The SMILES string of the molecule is O=C(CCc1cccnc1)NCC1CCC2(CCN(Cc3ccccc3F)CC2)O1. The number of rotatable bonds is 7. The maximum atomic E-state index is 13.9. The topological polar surface area (TPSA) is 54.5 Å². The van der Waals surface area contributed by atoms with Crippen molar-refractivity contribution in [3.05, 3.63) is 65.7 Å². The fourth-order valence-corrected chi connectivity index (χ4v) is 4.51. The van der Waals surface area contributed by atoms with Crippen LogP contribution >= 0.6 is 0 Å². The molecular formula is C24H30FN3O2. The van der Waals surface area contributed by atoms with Crippen molar-refractivity contribution < 1.29 is 13.9 Å². The van der Waals surface area contributed by atoms with Crippen molar-refractivity contribution in [3.8, 4) is 0 Å². The Morgan fingerprint density at radius 3 is 2.80 bits per heavy atom. The zero-order chi connectivity index (χ0) is 20.8. The average Bonchev–Trinajstić information content (AvgIpc) is 3.17. The second-order valence-corrected chi connectivity index (χ2v) is 8.49. The van der Waals surface area contributed by atoms with E-state index in [4.69, 9.17) is 4.74 Å². The van der Waals surface area contributed by atoms with Gasteiger partial charge in [0.1, 0.15) is 5.82 Å². The Labute approximate surface area is 177 Å². The molecular weight excluding hydrogens is 381 g/mol. The standard InChI is InChI=1S/C24H30FN3O2/c25-22-6-2-1-5-20(22)18-28-14-11-24(12-15-28)10-9-21(30-24)17-27-23(29)8-7-19-4-3-13-26-16-19/h1-6,13,16,21H,7-12,14-15,17-18H2,(H,27,29). The first kappa shape index (κ1) is 20.9. The summed E-state index contributed by atoms with van der Waals surface area (Å²) >= 11 is 0. The molecule has 1 spiro atoms. The molecule has 4 rings (SSSR count). The van der Waals surface area contributed by atoms with Crippen LogP contribution in [0.15, 0.2) is 48.8 Å². The van der Waals surface area contributed by atoms with Gasteiger partial charge in [-0.05, 0) is 49.8 Å². The highest BCUT2D eigenvalue weighted by Gasteiger charge is 2.42. The lowest BCUT2D eigenvalue weighted by Crippen LogP contribution is -2.45. The molecule has 3 heterocycles. The average molecular weight is 412 g/mol. The number of likely N-dealkylation sites (tertiary alicyclic amines) is 1. The third-order valence-electron chi connectivity index (χ3n) is 6.35. The molecule has 0 radical (unpaired) electrons. The van der Waals surface area contributed by atoms with E-state index in [1.165, 1.54) is 6.07 Å². The van der Waals surface area contributed by atoms with Crippen LogP contribution in [0, 0.1) is 5.82 Å². The van der Waals surface area contributed by atoms with Gasteiger partial charge in [0.15, 0.2) is 0 Å². The minimum absolute atomic E-state index is 0.0584. The van der Waals surface area contributed by atoms with Crippen molar-refractivity contribution in [1.82, 2.24) is 15.2 Å². The minimum atomic E-state index is -0.130. The van der Waals surface area contributed by atoms with Gasteiger partial charge in [-0.15, -0.1) is 0 Å². The number of aromatic nitrogens is 1. The molecule has 30 heavy (non-hydrogen) atoms. The van der Waals surface area contributed by atoms with E-state index in [2.05, 4.69) is 15.2 Å². The molecule has 2 fully saturated rings. The van der Waals surface area contributed by atoms with Gasteiger partial charge in [0.05, 0.1) is 11.7 Å². The number of hydrogen-bond acceptors (Lipinski definition) is 4. The van der Waals surface area contributed by atoms with Crippen LogP contribution in [0.5, 0.6) is 0 Å². The number of carbonyl (C=O) groups excluding carboxylic acids is 1. The third-order valence-corrected chi connectivity index (χ3v) is 6.35. The quantitative estimate of drug-likeness (QED) is 0.758. The molecule has 1 aromatic heterocycles. The molecule has 1 atom stereocenters. The van der Waals surface area contributed by atoms with Gasteiger partial charge in [0.25, 0.3) is 0 Å². The van der Waals surface area contributed by atoms with E-state index < -0.39 is 0 Å². The van der Waals surface area contributed by atoms with Crippen LogP contribution < -0.4 is 5.32 Å². The van der Waals surface area contributed by atoms with Crippen LogP contribution in [0.4, 0.5) is 4.39 Å². The smallest absolute Gasteiger partial charge is 0.220 e. The van der Waals surface area contributed by atoms with Crippen molar-refractivity contribution in [2.45, 2.75) is 56.8 Å². The van der Waals surface area contributed by atoms with Crippen molar-refractivity contribution in [2.75, 3.05) is 19.6 Å². The molecule has 2 aromatic rings. The molecule has 0 saturated carbocycles. The van der Waals surface area contributed by atoms with E-state index in [1.54, 1.807) is 18.5 Å².